The molecule has 1 N–H and O–H groups in total. The fraction of sp³-hybridized carbons (Fsp3) is 0.250. The summed E-state index contributed by atoms with van der Waals surface area (Å²) in [5.74, 6) is -0.520. The van der Waals surface area contributed by atoms with E-state index in [1.807, 2.05) is 0 Å². The molecule has 0 unspecified atom stereocenters. The Kier molecular flexibility index (Phi) is 3.88. The highest BCUT2D eigenvalue weighted by atomic mass is 79.9. The minimum atomic E-state index is -1.11. The smallest absolute Gasteiger partial charge is 0.129 e. The third kappa shape index (κ3) is 2.70. The summed E-state index contributed by atoms with van der Waals surface area (Å²) in [7, 11) is 0. The topological polar surface area (TPSA) is 69.0 Å². The molecule has 1 aromatic carbocycles. The van der Waals surface area contributed by atoms with Gasteiger partial charge in [0.25, 0.3) is 0 Å². The van der Waals surface area contributed by atoms with Gasteiger partial charge in [0, 0.05) is 14.9 Å². The van der Waals surface area contributed by atoms with Crippen LogP contribution in [0.1, 0.15) is 11.7 Å². The van der Waals surface area contributed by atoms with Crippen molar-refractivity contribution in [2.45, 2.75) is 6.10 Å². The van der Waals surface area contributed by atoms with Gasteiger partial charge in [-0.2, -0.15) is 0 Å². The zero-order chi connectivity index (χ0) is 10.6. The van der Waals surface area contributed by atoms with E-state index in [-0.39, 0.29) is 12.1 Å². The molecular weight excluding hydrogens is 253 g/mol. The van der Waals surface area contributed by atoms with Gasteiger partial charge in [0.15, 0.2) is 0 Å². The highest BCUT2D eigenvalue weighted by molar-refractivity contribution is 9.10. The summed E-state index contributed by atoms with van der Waals surface area (Å²) in [6.45, 7) is -0.177. The van der Waals surface area contributed by atoms with Crippen molar-refractivity contribution in [1.29, 1.82) is 0 Å². The Morgan fingerprint density at radius 1 is 1.64 bits per heavy atom. The average Bonchev–Trinajstić information content (AvgIpc) is 2.18. The van der Waals surface area contributed by atoms with Crippen molar-refractivity contribution in [2.75, 3.05) is 6.54 Å². The van der Waals surface area contributed by atoms with Crippen LogP contribution in [0.4, 0.5) is 4.39 Å². The van der Waals surface area contributed by atoms with E-state index in [0.717, 1.165) is 0 Å². The second-order valence-electron chi connectivity index (χ2n) is 2.60. The van der Waals surface area contributed by atoms with Gasteiger partial charge in [-0.15, -0.1) is 0 Å². The molecule has 0 aromatic heterocycles. The predicted molar refractivity (Wildman–Crippen MR) is 53.1 cm³/mol. The van der Waals surface area contributed by atoms with E-state index < -0.39 is 11.9 Å². The second-order valence-corrected chi connectivity index (χ2v) is 3.51. The third-order valence-corrected chi connectivity index (χ3v) is 2.13. The van der Waals surface area contributed by atoms with Crippen molar-refractivity contribution >= 4 is 15.9 Å². The maximum absolute atomic E-state index is 13.1. The Hall–Kier alpha value is -1.10. The summed E-state index contributed by atoms with van der Waals surface area (Å²) < 4.78 is 13.8. The van der Waals surface area contributed by atoms with Crippen molar-refractivity contribution in [2.24, 2.45) is 5.11 Å². The van der Waals surface area contributed by atoms with Crippen molar-refractivity contribution < 1.29 is 9.50 Å². The van der Waals surface area contributed by atoms with Crippen molar-refractivity contribution in [1.82, 2.24) is 0 Å². The molecule has 0 saturated heterocycles. The lowest BCUT2D eigenvalue weighted by Crippen LogP contribution is -2.03. The summed E-state index contributed by atoms with van der Waals surface area (Å²) in [5, 5.41) is 12.6. The number of hydrogen-bond donors (Lipinski definition) is 1. The number of aliphatic hydroxyl groups is 1. The number of halogens is 2. The van der Waals surface area contributed by atoms with E-state index in [0.29, 0.717) is 4.47 Å². The van der Waals surface area contributed by atoms with Crippen LogP contribution in [0.3, 0.4) is 0 Å². The summed E-state index contributed by atoms with van der Waals surface area (Å²) in [5.41, 5.74) is 8.15. The van der Waals surface area contributed by atoms with Crippen LogP contribution in [0.2, 0.25) is 0 Å². The highest BCUT2D eigenvalue weighted by Crippen LogP contribution is 2.21. The molecule has 1 rings (SSSR count). The van der Waals surface area contributed by atoms with Gasteiger partial charge >= 0.3 is 0 Å². The molecule has 0 aliphatic rings. The Balaban J connectivity index is 2.93. The van der Waals surface area contributed by atoms with E-state index in [9.17, 15) is 9.50 Å². The summed E-state index contributed by atoms with van der Waals surface area (Å²) >= 11 is 3.15. The molecule has 14 heavy (non-hydrogen) atoms. The molecule has 0 fully saturated rings. The third-order valence-electron chi connectivity index (χ3n) is 1.63. The minimum absolute atomic E-state index is 0.117. The molecular formula is C8H7BrFN3O. The largest absolute Gasteiger partial charge is 0.388 e. The molecule has 0 saturated carbocycles. The van der Waals surface area contributed by atoms with Gasteiger partial charge < -0.3 is 5.11 Å². The molecule has 1 atom stereocenters. The predicted octanol–water partition coefficient (Wildman–Crippen LogP) is 2.93. The molecule has 0 heterocycles. The summed E-state index contributed by atoms with van der Waals surface area (Å²) in [4.78, 5) is 2.48. The fourth-order valence-corrected chi connectivity index (χ4v) is 1.36. The number of nitrogens with zero attached hydrogens (tertiary/aromatic N) is 3. The molecule has 1 aromatic rings. The van der Waals surface area contributed by atoms with Crippen LogP contribution in [0.15, 0.2) is 27.8 Å². The first-order chi connectivity index (χ1) is 6.65. The van der Waals surface area contributed by atoms with E-state index in [4.69, 9.17) is 5.53 Å². The number of rotatable bonds is 3. The fourth-order valence-electron chi connectivity index (χ4n) is 0.982. The molecule has 0 bridgehead atoms. The summed E-state index contributed by atoms with van der Waals surface area (Å²) in [6, 6.07) is 4.21. The van der Waals surface area contributed by atoms with Crippen LogP contribution in [0.25, 0.3) is 10.4 Å². The van der Waals surface area contributed by atoms with Crippen LogP contribution in [0, 0.1) is 5.82 Å². The standard InChI is InChI=1S/C8H7BrFN3O/c9-5-1-2-7(10)6(3-5)8(14)4-12-13-11/h1-3,8,14H,4H2/t8-/m0/s1. The first-order valence-corrected chi connectivity index (χ1v) is 4.58. The monoisotopic (exact) mass is 259 g/mol. The zero-order valence-electron chi connectivity index (χ0n) is 7.06. The number of benzene rings is 1. The van der Waals surface area contributed by atoms with Crippen molar-refractivity contribution in [3.8, 4) is 0 Å². The average molecular weight is 260 g/mol. The van der Waals surface area contributed by atoms with Gasteiger partial charge in [-0.1, -0.05) is 21.0 Å². The molecule has 0 aliphatic heterocycles. The molecule has 0 radical (unpaired) electrons. The van der Waals surface area contributed by atoms with Crippen LogP contribution < -0.4 is 0 Å². The van der Waals surface area contributed by atoms with Gasteiger partial charge in [0.1, 0.15) is 5.82 Å². The zero-order valence-corrected chi connectivity index (χ0v) is 8.65. The van der Waals surface area contributed by atoms with Crippen LogP contribution in [-0.4, -0.2) is 11.7 Å². The van der Waals surface area contributed by atoms with E-state index >= 15 is 0 Å². The van der Waals surface area contributed by atoms with Crippen LogP contribution in [-0.2, 0) is 0 Å². The Labute approximate surface area is 88.1 Å². The lowest BCUT2D eigenvalue weighted by atomic mass is 10.1. The Bertz CT molecular complexity index is 379. The second kappa shape index (κ2) is 4.95. The molecule has 0 spiro atoms. The lowest BCUT2D eigenvalue weighted by molar-refractivity contribution is 0.182. The lowest BCUT2D eigenvalue weighted by Gasteiger charge is -2.08. The van der Waals surface area contributed by atoms with Crippen LogP contribution in [0.5, 0.6) is 0 Å². The molecule has 6 heteroatoms. The molecule has 4 nitrogen and oxygen atoms in total. The van der Waals surface area contributed by atoms with E-state index in [1.165, 1.54) is 18.2 Å². The number of azide groups is 1. The van der Waals surface area contributed by atoms with Crippen molar-refractivity contribution in [3.05, 3.63) is 44.5 Å². The van der Waals surface area contributed by atoms with Gasteiger partial charge in [-0.05, 0) is 23.7 Å². The number of hydrogen-bond acceptors (Lipinski definition) is 2. The van der Waals surface area contributed by atoms with Crippen LogP contribution >= 0.6 is 15.9 Å². The van der Waals surface area contributed by atoms with Gasteiger partial charge in [0.2, 0.25) is 0 Å². The maximum Gasteiger partial charge on any atom is 0.129 e. The Morgan fingerprint density at radius 3 is 3.00 bits per heavy atom. The normalized spacial score (nSPS) is 11.9. The van der Waals surface area contributed by atoms with E-state index in [1.54, 1.807) is 0 Å². The van der Waals surface area contributed by atoms with Gasteiger partial charge in [0.05, 0.1) is 12.6 Å². The highest BCUT2D eigenvalue weighted by Gasteiger charge is 2.11. The first-order valence-electron chi connectivity index (χ1n) is 3.79. The van der Waals surface area contributed by atoms with Gasteiger partial charge in [-0.3, -0.25) is 0 Å². The maximum atomic E-state index is 13.1. The minimum Gasteiger partial charge on any atom is -0.388 e. The quantitative estimate of drug-likeness (QED) is 0.506. The SMILES string of the molecule is [N-]=[N+]=NC[C@H](O)c1cc(Br)ccc1F. The molecule has 74 valence electrons. The Morgan fingerprint density at radius 2 is 2.36 bits per heavy atom. The summed E-state index contributed by atoms with van der Waals surface area (Å²) in [6.07, 6.45) is -1.11. The molecule has 0 aliphatic carbocycles. The van der Waals surface area contributed by atoms with Gasteiger partial charge in [-0.25, -0.2) is 4.39 Å². The first kappa shape index (κ1) is 11.0. The van der Waals surface area contributed by atoms with Crippen molar-refractivity contribution in [3.63, 3.8) is 0 Å². The molecule has 0 amide bonds. The number of aliphatic hydroxyl groups excluding tert-OH is 1. The van der Waals surface area contributed by atoms with E-state index in [2.05, 4.69) is 26.0 Å².